The smallest absolute Gasteiger partial charge is 0.311 e. The zero-order valence-electron chi connectivity index (χ0n) is 15.6. The largest absolute Gasteiger partial charge is 0.485 e. The van der Waals surface area contributed by atoms with Crippen molar-refractivity contribution in [2.75, 3.05) is 39.4 Å². The Bertz CT molecular complexity index is 837. The molecule has 2 aliphatic rings. The first-order chi connectivity index (χ1) is 13.9. The van der Waals surface area contributed by atoms with Gasteiger partial charge >= 0.3 is 5.69 Å². The summed E-state index contributed by atoms with van der Waals surface area (Å²) in [6.07, 6.45) is 3.39. The average molecular weight is 408 g/mol. The van der Waals surface area contributed by atoms with E-state index in [1.54, 1.807) is 0 Å². The molecule has 12 nitrogen and oxygen atoms in total. The number of nitrogens with zero attached hydrogens (tertiary/aromatic N) is 4. The van der Waals surface area contributed by atoms with Gasteiger partial charge < -0.3 is 9.57 Å². The summed E-state index contributed by atoms with van der Waals surface area (Å²) in [5.41, 5.74) is -0.576. The number of amides is 2. The fourth-order valence-corrected chi connectivity index (χ4v) is 3.44. The van der Waals surface area contributed by atoms with Gasteiger partial charge in [-0.25, -0.2) is 0 Å². The summed E-state index contributed by atoms with van der Waals surface area (Å²) >= 11 is 0. The van der Waals surface area contributed by atoms with Crippen LogP contribution in [0.15, 0.2) is 12.1 Å². The summed E-state index contributed by atoms with van der Waals surface area (Å²) in [7, 11) is 0. The predicted octanol–water partition coefficient (Wildman–Crippen LogP) is 1.26. The van der Waals surface area contributed by atoms with Gasteiger partial charge in [-0.05, 0) is 25.9 Å². The highest BCUT2D eigenvalue weighted by atomic mass is 16.9. The molecule has 0 N–H and O–H groups in total. The van der Waals surface area contributed by atoms with Gasteiger partial charge in [0.05, 0.1) is 22.6 Å². The van der Waals surface area contributed by atoms with Crippen LogP contribution in [0, 0.1) is 20.2 Å². The van der Waals surface area contributed by atoms with Crippen LogP contribution in [0.2, 0.25) is 0 Å². The molecule has 2 aliphatic heterocycles. The van der Waals surface area contributed by atoms with Gasteiger partial charge in [0.2, 0.25) is 0 Å². The Hall–Kier alpha value is -3.28. The summed E-state index contributed by atoms with van der Waals surface area (Å²) in [4.78, 5) is 53.0. The normalized spacial score (nSPS) is 16.6. The van der Waals surface area contributed by atoms with Gasteiger partial charge in [-0.2, -0.15) is 0 Å². The Labute approximate surface area is 165 Å². The minimum absolute atomic E-state index is 0.0327. The maximum Gasteiger partial charge on any atom is 0.311 e. The molecule has 0 spiro atoms. The molecule has 1 fully saturated rings. The zero-order chi connectivity index (χ0) is 21.0. The number of piperidine rings is 1. The monoisotopic (exact) mass is 408 g/mol. The molecule has 3 rings (SSSR count). The van der Waals surface area contributed by atoms with E-state index in [1.807, 2.05) is 0 Å². The lowest BCUT2D eigenvalue weighted by molar-refractivity contribution is -0.757. The summed E-state index contributed by atoms with van der Waals surface area (Å²) in [6.45, 7) is 1.88. The summed E-state index contributed by atoms with van der Waals surface area (Å²) < 4.78 is 5.58. The minimum atomic E-state index is -1.03. The van der Waals surface area contributed by atoms with Crippen LogP contribution in [0.4, 0.5) is 5.69 Å². The summed E-state index contributed by atoms with van der Waals surface area (Å²) in [6, 6.07) is 2.21. The van der Waals surface area contributed by atoms with Gasteiger partial charge in [-0.1, -0.05) is 6.42 Å². The summed E-state index contributed by atoms with van der Waals surface area (Å²) in [5.74, 6) is -1.55. The lowest BCUT2D eigenvalue weighted by Crippen LogP contribution is -2.33. The number of ether oxygens (including phenoxy) is 1. The second-order valence-corrected chi connectivity index (χ2v) is 6.69. The van der Waals surface area contributed by atoms with E-state index in [2.05, 4.69) is 9.74 Å². The highest BCUT2D eigenvalue weighted by molar-refractivity contribution is 6.21. The van der Waals surface area contributed by atoms with E-state index in [1.165, 1.54) is 12.5 Å². The van der Waals surface area contributed by atoms with Gasteiger partial charge in [-0.15, -0.1) is 10.1 Å². The van der Waals surface area contributed by atoms with Crippen molar-refractivity contribution in [1.29, 1.82) is 0 Å². The van der Waals surface area contributed by atoms with Crippen molar-refractivity contribution in [3.8, 4) is 5.75 Å². The molecule has 12 heteroatoms. The Morgan fingerprint density at radius 3 is 2.21 bits per heavy atom. The summed E-state index contributed by atoms with van der Waals surface area (Å²) in [5, 5.41) is 20.6. The van der Waals surface area contributed by atoms with E-state index >= 15 is 0 Å². The second-order valence-electron chi connectivity index (χ2n) is 6.69. The predicted molar refractivity (Wildman–Crippen MR) is 97.2 cm³/mol. The molecule has 2 amide bonds. The zero-order valence-corrected chi connectivity index (χ0v) is 15.6. The third kappa shape index (κ3) is 4.59. The number of nitro benzene ring substituents is 1. The molecule has 0 bridgehead atoms. The number of carbonyl (C=O) groups excluding carboxylic acids is 2. The van der Waals surface area contributed by atoms with E-state index in [9.17, 15) is 29.8 Å². The molecule has 2 heterocycles. The van der Waals surface area contributed by atoms with Crippen molar-refractivity contribution in [2.45, 2.75) is 19.3 Å². The van der Waals surface area contributed by atoms with Crippen LogP contribution in [-0.2, 0) is 4.84 Å². The maximum atomic E-state index is 12.5. The van der Waals surface area contributed by atoms with Gasteiger partial charge in [-0.3, -0.25) is 29.5 Å². The van der Waals surface area contributed by atoms with Gasteiger partial charge in [0.1, 0.15) is 13.2 Å². The van der Waals surface area contributed by atoms with E-state index in [0.29, 0.717) is 6.54 Å². The van der Waals surface area contributed by atoms with Crippen LogP contribution >= 0.6 is 0 Å². The van der Waals surface area contributed by atoms with Crippen LogP contribution in [0.3, 0.4) is 0 Å². The molecule has 1 saturated heterocycles. The van der Waals surface area contributed by atoms with Crippen molar-refractivity contribution in [1.82, 2.24) is 9.80 Å². The number of likely N-dealkylation sites (tertiary alicyclic amines) is 1. The maximum absolute atomic E-state index is 12.5. The molecule has 1 aromatic rings. The number of hydrogen-bond acceptors (Lipinski definition) is 9. The fourth-order valence-electron chi connectivity index (χ4n) is 3.44. The molecule has 0 atom stereocenters. The first kappa shape index (κ1) is 20.5. The van der Waals surface area contributed by atoms with Crippen LogP contribution in [0.5, 0.6) is 5.75 Å². The number of fused-ring (bicyclic) bond motifs is 1. The Balaban J connectivity index is 1.74. The molecule has 29 heavy (non-hydrogen) atoms. The number of nitro groups is 1. The molecule has 0 radical (unpaired) electrons. The molecule has 0 aromatic heterocycles. The van der Waals surface area contributed by atoms with Crippen LogP contribution in [0.1, 0.15) is 40.0 Å². The standard InChI is InChI=1S/C17H20N4O8/c22-16-12-10-14(20(24)25)15(28-8-6-18-4-2-1-3-5-18)11-13(12)17(23)19(16)7-9-29-21(26)27/h10-11H,1-9H2. The topological polar surface area (TPSA) is 145 Å². The van der Waals surface area contributed by atoms with Crippen molar-refractivity contribution in [3.05, 3.63) is 43.5 Å². The van der Waals surface area contributed by atoms with E-state index in [0.717, 1.165) is 36.9 Å². The molecule has 0 saturated carbocycles. The highest BCUT2D eigenvalue weighted by Crippen LogP contribution is 2.35. The van der Waals surface area contributed by atoms with Gasteiger partial charge in [0.15, 0.2) is 5.75 Å². The highest BCUT2D eigenvalue weighted by Gasteiger charge is 2.38. The number of hydrogen-bond donors (Lipinski definition) is 0. The average Bonchev–Trinajstić information content (AvgIpc) is 2.92. The van der Waals surface area contributed by atoms with Crippen LogP contribution in [-0.4, -0.2) is 71.0 Å². The van der Waals surface area contributed by atoms with Crippen molar-refractivity contribution >= 4 is 17.5 Å². The number of benzene rings is 1. The number of carbonyl (C=O) groups is 2. The molecule has 1 aromatic carbocycles. The van der Waals surface area contributed by atoms with Crippen molar-refractivity contribution in [2.24, 2.45) is 0 Å². The number of rotatable bonds is 9. The van der Waals surface area contributed by atoms with E-state index in [-0.39, 0.29) is 30.0 Å². The minimum Gasteiger partial charge on any atom is -0.485 e. The van der Waals surface area contributed by atoms with Crippen LogP contribution in [0.25, 0.3) is 0 Å². The number of imide groups is 1. The Kier molecular flexibility index (Phi) is 6.22. The molecule has 0 unspecified atom stereocenters. The third-order valence-corrected chi connectivity index (χ3v) is 4.87. The first-order valence-corrected chi connectivity index (χ1v) is 9.19. The first-order valence-electron chi connectivity index (χ1n) is 9.19. The van der Waals surface area contributed by atoms with E-state index in [4.69, 9.17) is 4.74 Å². The Morgan fingerprint density at radius 2 is 1.59 bits per heavy atom. The third-order valence-electron chi connectivity index (χ3n) is 4.87. The van der Waals surface area contributed by atoms with Crippen LogP contribution < -0.4 is 4.74 Å². The fraction of sp³-hybridized carbons (Fsp3) is 0.529. The lowest BCUT2D eigenvalue weighted by Gasteiger charge is -2.26. The van der Waals surface area contributed by atoms with Gasteiger partial charge in [0.25, 0.3) is 16.9 Å². The molecule has 0 aliphatic carbocycles. The van der Waals surface area contributed by atoms with E-state index < -0.39 is 34.1 Å². The molecule has 156 valence electrons. The van der Waals surface area contributed by atoms with Gasteiger partial charge in [0, 0.05) is 18.7 Å². The van der Waals surface area contributed by atoms with Crippen molar-refractivity contribution < 1.29 is 29.2 Å². The SMILES string of the molecule is O=C1c2cc(OCCN3CCCCC3)c([N+](=O)[O-])cc2C(=O)N1CCO[N+](=O)[O-]. The van der Waals surface area contributed by atoms with Crippen molar-refractivity contribution in [3.63, 3.8) is 0 Å². The molecular formula is C17H20N4O8. The molecular weight excluding hydrogens is 388 g/mol. The quantitative estimate of drug-likeness (QED) is 0.335. The Morgan fingerprint density at radius 1 is 0.931 bits per heavy atom. The lowest BCUT2D eigenvalue weighted by atomic mass is 10.1. The second kappa shape index (κ2) is 8.82.